The van der Waals surface area contributed by atoms with Crippen LogP contribution in [0.4, 0.5) is 4.79 Å². The van der Waals surface area contributed by atoms with Crippen LogP contribution in [-0.4, -0.2) is 30.2 Å². The number of benzene rings is 2. The van der Waals surface area contributed by atoms with Crippen molar-refractivity contribution >= 4 is 6.09 Å². The molecule has 1 heterocycles. The molecule has 0 radical (unpaired) electrons. The van der Waals surface area contributed by atoms with Gasteiger partial charge in [-0.1, -0.05) is 55.5 Å². The highest BCUT2D eigenvalue weighted by Crippen LogP contribution is 2.44. The fraction of sp³-hybridized carbons (Fsp3) is 0.348. The third-order valence-electron chi connectivity index (χ3n) is 5.42. The van der Waals surface area contributed by atoms with Gasteiger partial charge in [0.25, 0.3) is 0 Å². The number of hydrogen-bond acceptors (Lipinski definition) is 2. The molecule has 2 aromatic rings. The molecule has 0 aromatic heterocycles. The van der Waals surface area contributed by atoms with Crippen molar-refractivity contribution in [2.24, 2.45) is 0 Å². The van der Waals surface area contributed by atoms with Crippen LogP contribution in [0.2, 0.25) is 0 Å². The Morgan fingerprint density at radius 1 is 1.08 bits per heavy atom. The molecule has 3 heteroatoms. The van der Waals surface area contributed by atoms with Gasteiger partial charge in [0.15, 0.2) is 0 Å². The third kappa shape index (κ3) is 3.26. The van der Waals surface area contributed by atoms with E-state index in [1.807, 2.05) is 4.90 Å². The molecule has 1 saturated heterocycles. The van der Waals surface area contributed by atoms with Crippen LogP contribution in [0.1, 0.15) is 43.2 Å². The highest BCUT2D eigenvalue weighted by atomic mass is 16.6. The number of likely N-dealkylation sites (tertiary alicyclic amines) is 1. The molecule has 3 nitrogen and oxygen atoms in total. The standard InChI is InChI=1S/C21H23NO2.C2H4/c1-2-15-8-7-13-22(15)21(23)24-14-20-18-11-5-3-9-16(18)17-10-4-6-12-19(17)20;1-2/h3-6,9-12,15,20H,2,7-8,13-14H2,1H3;1-2H2. The first kappa shape index (κ1) is 18.2. The van der Waals surface area contributed by atoms with Gasteiger partial charge >= 0.3 is 6.09 Å². The summed E-state index contributed by atoms with van der Waals surface area (Å²) in [5.41, 5.74) is 5.06. The molecule has 1 fully saturated rings. The summed E-state index contributed by atoms with van der Waals surface area (Å²) in [5, 5.41) is 0. The van der Waals surface area contributed by atoms with E-state index in [2.05, 4.69) is 68.6 Å². The van der Waals surface area contributed by atoms with Crippen LogP contribution in [0.3, 0.4) is 0 Å². The van der Waals surface area contributed by atoms with E-state index < -0.39 is 0 Å². The number of carbonyl (C=O) groups excluding carboxylic acids is 1. The Morgan fingerprint density at radius 3 is 2.23 bits per heavy atom. The molecule has 136 valence electrons. The van der Waals surface area contributed by atoms with Crippen molar-refractivity contribution in [3.05, 3.63) is 72.8 Å². The van der Waals surface area contributed by atoms with Gasteiger partial charge in [-0.3, -0.25) is 0 Å². The molecule has 1 atom stereocenters. The van der Waals surface area contributed by atoms with E-state index in [-0.39, 0.29) is 12.0 Å². The Balaban J connectivity index is 0.000000948. The zero-order chi connectivity index (χ0) is 18.5. The van der Waals surface area contributed by atoms with E-state index in [0.29, 0.717) is 12.6 Å². The molecule has 26 heavy (non-hydrogen) atoms. The number of ether oxygens (including phenoxy) is 1. The Bertz CT molecular complexity index is 725. The van der Waals surface area contributed by atoms with E-state index in [9.17, 15) is 4.79 Å². The molecule has 4 rings (SSSR count). The zero-order valence-electron chi connectivity index (χ0n) is 15.5. The summed E-state index contributed by atoms with van der Waals surface area (Å²) in [6, 6.07) is 17.2. The monoisotopic (exact) mass is 349 g/mol. The second-order valence-electron chi connectivity index (χ2n) is 6.70. The minimum atomic E-state index is -0.152. The number of rotatable bonds is 3. The number of nitrogens with zero attached hydrogens (tertiary/aromatic N) is 1. The van der Waals surface area contributed by atoms with Gasteiger partial charge in [0, 0.05) is 18.5 Å². The summed E-state index contributed by atoms with van der Waals surface area (Å²) in [7, 11) is 0. The largest absolute Gasteiger partial charge is 0.448 e. The predicted octanol–water partition coefficient (Wildman–Crippen LogP) is 5.61. The first-order chi connectivity index (χ1) is 12.8. The molecule has 1 amide bonds. The van der Waals surface area contributed by atoms with Crippen molar-refractivity contribution in [3.8, 4) is 11.1 Å². The lowest BCUT2D eigenvalue weighted by atomic mass is 9.98. The van der Waals surface area contributed by atoms with Gasteiger partial charge in [-0.15, -0.1) is 13.2 Å². The highest BCUT2D eigenvalue weighted by molar-refractivity contribution is 5.79. The van der Waals surface area contributed by atoms with Crippen molar-refractivity contribution in [1.29, 1.82) is 0 Å². The predicted molar refractivity (Wildman–Crippen MR) is 106 cm³/mol. The van der Waals surface area contributed by atoms with Gasteiger partial charge in [-0.2, -0.15) is 0 Å². The SMILES string of the molecule is C=C.CCC1CCCN1C(=O)OCC1c2ccccc2-c2ccccc21. The first-order valence-electron chi connectivity index (χ1n) is 9.41. The maximum absolute atomic E-state index is 12.5. The molecule has 1 aliphatic heterocycles. The van der Waals surface area contributed by atoms with Gasteiger partial charge in [0.2, 0.25) is 0 Å². The number of carbonyl (C=O) groups is 1. The van der Waals surface area contributed by atoms with Crippen LogP contribution in [0.15, 0.2) is 61.7 Å². The lowest BCUT2D eigenvalue weighted by Gasteiger charge is -2.24. The normalized spacial score (nSPS) is 17.9. The zero-order valence-corrected chi connectivity index (χ0v) is 15.5. The Labute approximate surface area is 156 Å². The molecule has 0 bridgehead atoms. The Morgan fingerprint density at radius 2 is 1.65 bits per heavy atom. The average Bonchev–Trinajstić information content (AvgIpc) is 3.31. The molecular formula is C23H27NO2. The quantitative estimate of drug-likeness (QED) is 0.674. The molecule has 2 aromatic carbocycles. The second-order valence-corrected chi connectivity index (χ2v) is 6.70. The van der Waals surface area contributed by atoms with E-state index >= 15 is 0 Å². The molecule has 1 unspecified atom stereocenters. The third-order valence-corrected chi connectivity index (χ3v) is 5.42. The summed E-state index contributed by atoms with van der Waals surface area (Å²) in [5.74, 6) is 0.143. The van der Waals surface area contributed by atoms with E-state index in [1.54, 1.807) is 0 Å². The molecule has 1 aliphatic carbocycles. The summed E-state index contributed by atoms with van der Waals surface area (Å²) >= 11 is 0. The summed E-state index contributed by atoms with van der Waals surface area (Å²) in [6.45, 7) is 9.38. The van der Waals surface area contributed by atoms with E-state index in [0.717, 1.165) is 25.8 Å². The van der Waals surface area contributed by atoms with Crippen LogP contribution in [0.25, 0.3) is 11.1 Å². The van der Waals surface area contributed by atoms with Crippen LogP contribution >= 0.6 is 0 Å². The maximum Gasteiger partial charge on any atom is 0.410 e. The topological polar surface area (TPSA) is 29.5 Å². The Hall–Kier alpha value is -2.55. The maximum atomic E-state index is 12.5. The molecule has 0 spiro atoms. The van der Waals surface area contributed by atoms with Crippen LogP contribution in [0, 0.1) is 0 Å². The fourth-order valence-corrected chi connectivity index (χ4v) is 4.18. The molecule has 0 N–H and O–H groups in total. The number of hydrogen-bond donors (Lipinski definition) is 0. The second kappa shape index (κ2) is 8.22. The summed E-state index contributed by atoms with van der Waals surface area (Å²) in [4.78, 5) is 14.4. The van der Waals surface area contributed by atoms with Crippen LogP contribution in [-0.2, 0) is 4.74 Å². The van der Waals surface area contributed by atoms with Crippen molar-refractivity contribution in [2.75, 3.05) is 13.2 Å². The van der Waals surface area contributed by atoms with Crippen molar-refractivity contribution in [1.82, 2.24) is 4.90 Å². The summed E-state index contributed by atoms with van der Waals surface area (Å²) in [6.07, 6.45) is 3.04. The van der Waals surface area contributed by atoms with Crippen molar-refractivity contribution < 1.29 is 9.53 Å². The van der Waals surface area contributed by atoms with Gasteiger partial charge in [0.1, 0.15) is 6.61 Å². The lowest BCUT2D eigenvalue weighted by molar-refractivity contribution is 0.0950. The van der Waals surface area contributed by atoms with Gasteiger partial charge in [-0.25, -0.2) is 4.79 Å². The molecular weight excluding hydrogens is 322 g/mol. The van der Waals surface area contributed by atoms with Crippen LogP contribution in [0.5, 0.6) is 0 Å². The van der Waals surface area contributed by atoms with Crippen LogP contribution < -0.4 is 0 Å². The summed E-state index contributed by atoms with van der Waals surface area (Å²) < 4.78 is 5.74. The minimum Gasteiger partial charge on any atom is -0.448 e. The van der Waals surface area contributed by atoms with Gasteiger partial charge < -0.3 is 9.64 Å². The van der Waals surface area contributed by atoms with Gasteiger partial charge in [0.05, 0.1) is 0 Å². The number of fused-ring (bicyclic) bond motifs is 3. The number of amides is 1. The molecule has 0 saturated carbocycles. The fourth-order valence-electron chi connectivity index (χ4n) is 4.18. The minimum absolute atomic E-state index is 0.143. The van der Waals surface area contributed by atoms with Crippen molar-refractivity contribution in [3.63, 3.8) is 0 Å². The average molecular weight is 349 g/mol. The first-order valence-corrected chi connectivity index (χ1v) is 9.41. The van der Waals surface area contributed by atoms with Crippen molar-refractivity contribution in [2.45, 2.75) is 38.1 Å². The van der Waals surface area contributed by atoms with E-state index in [1.165, 1.54) is 22.3 Å². The van der Waals surface area contributed by atoms with Gasteiger partial charge in [-0.05, 0) is 41.5 Å². The van der Waals surface area contributed by atoms with E-state index in [4.69, 9.17) is 4.74 Å². The Kier molecular flexibility index (Phi) is 5.77. The lowest BCUT2D eigenvalue weighted by Crippen LogP contribution is -2.36. The highest BCUT2D eigenvalue weighted by Gasteiger charge is 2.32. The molecule has 2 aliphatic rings. The smallest absolute Gasteiger partial charge is 0.410 e.